The van der Waals surface area contributed by atoms with Gasteiger partial charge in [-0.3, -0.25) is 4.79 Å². The topological polar surface area (TPSA) is 72.7 Å². The van der Waals surface area contributed by atoms with Gasteiger partial charge < -0.3 is 9.88 Å². The third-order valence-corrected chi connectivity index (χ3v) is 7.62. The predicted octanol–water partition coefficient (Wildman–Crippen LogP) is 6.20. The largest absolute Gasteiger partial charge is 0.302 e. The number of anilines is 1. The van der Waals surface area contributed by atoms with E-state index in [9.17, 15) is 4.79 Å². The fourth-order valence-electron chi connectivity index (χ4n) is 3.24. The quantitative estimate of drug-likeness (QED) is 0.302. The standard InChI is InChI=1S/C23H25N5OS3/c1-5-8-28-21(18-10-16(4)30-11-18)26-27-23(28)32-13-20(29)25-22-24-19(12-31-22)17-7-6-14(2)15(3)9-17/h6-7,9-12H,5,8,13H2,1-4H3,(H,24,25,29). The molecule has 3 heterocycles. The summed E-state index contributed by atoms with van der Waals surface area (Å²) in [4.78, 5) is 18.4. The number of thiophene rings is 1. The van der Waals surface area contributed by atoms with Crippen molar-refractivity contribution in [2.24, 2.45) is 0 Å². The van der Waals surface area contributed by atoms with Crippen LogP contribution in [0.3, 0.4) is 0 Å². The van der Waals surface area contributed by atoms with Gasteiger partial charge in [-0.25, -0.2) is 4.98 Å². The average Bonchev–Trinajstić information content (AvgIpc) is 3.49. The van der Waals surface area contributed by atoms with Gasteiger partial charge in [0.15, 0.2) is 16.1 Å². The molecule has 0 saturated heterocycles. The summed E-state index contributed by atoms with van der Waals surface area (Å²) in [6.07, 6.45) is 0.967. The van der Waals surface area contributed by atoms with E-state index in [4.69, 9.17) is 0 Å². The van der Waals surface area contributed by atoms with Gasteiger partial charge in [0.2, 0.25) is 5.91 Å². The summed E-state index contributed by atoms with van der Waals surface area (Å²) in [6.45, 7) is 9.20. The lowest BCUT2D eigenvalue weighted by Crippen LogP contribution is -2.14. The van der Waals surface area contributed by atoms with Crippen LogP contribution in [-0.4, -0.2) is 31.4 Å². The minimum absolute atomic E-state index is 0.102. The normalized spacial score (nSPS) is 11.1. The molecule has 0 spiro atoms. The zero-order chi connectivity index (χ0) is 22.7. The second kappa shape index (κ2) is 9.97. The maximum Gasteiger partial charge on any atom is 0.236 e. The van der Waals surface area contributed by atoms with E-state index in [0.717, 1.165) is 40.8 Å². The van der Waals surface area contributed by atoms with Crippen molar-refractivity contribution in [3.8, 4) is 22.6 Å². The summed E-state index contributed by atoms with van der Waals surface area (Å²) in [5.41, 5.74) is 5.49. The van der Waals surface area contributed by atoms with Gasteiger partial charge in [0.25, 0.3) is 0 Å². The summed E-state index contributed by atoms with van der Waals surface area (Å²) in [5, 5.41) is 17.1. The van der Waals surface area contributed by atoms with Crippen molar-refractivity contribution < 1.29 is 4.79 Å². The third kappa shape index (κ3) is 5.11. The molecule has 4 rings (SSSR count). The van der Waals surface area contributed by atoms with Gasteiger partial charge in [-0.1, -0.05) is 30.8 Å². The summed E-state index contributed by atoms with van der Waals surface area (Å²) in [6, 6.07) is 8.40. The number of carbonyl (C=O) groups is 1. The molecule has 0 aliphatic heterocycles. The first kappa shape index (κ1) is 22.7. The van der Waals surface area contributed by atoms with E-state index in [0.29, 0.717) is 5.13 Å². The first-order valence-electron chi connectivity index (χ1n) is 10.4. The minimum Gasteiger partial charge on any atom is -0.302 e. The number of benzene rings is 1. The Morgan fingerprint density at radius 1 is 1.06 bits per heavy atom. The molecule has 0 aliphatic rings. The highest BCUT2D eigenvalue weighted by atomic mass is 32.2. The molecule has 6 nitrogen and oxygen atoms in total. The fraction of sp³-hybridized carbons (Fsp3) is 0.304. The van der Waals surface area contributed by atoms with Gasteiger partial charge in [0.1, 0.15) is 0 Å². The monoisotopic (exact) mass is 483 g/mol. The van der Waals surface area contributed by atoms with E-state index < -0.39 is 0 Å². The van der Waals surface area contributed by atoms with Crippen molar-refractivity contribution in [2.75, 3.05) is 11.1 Å². The van der Waals surface area contributed by atoms with E-state index in [2.05, 4.69) is 82.4 Å². The Morgan fingerprint density at radius 2 is 1.91 bits per heavy atom. The van der Waals surface area contributed by atoms with Gasteiger partial charge in [0, 0.05) is 33.3 Å². The third-order valence-electron chi connectivity index (χ3n) is 5.04. The van der Waals surface area contributed by atoms with E-state index in [-0.39, 0.29) is 11.7 Å². The van der Waals surface area contributed by atoms with Crippen molar-refractivity contribution in [1.82, 2.24) is 19.7 Å². The second-order valence-corrected chi connectivity index (χ2v) is 10.5. The van der Waals surface area contributed by atoms with E-state index in [1.807, 2.05) is 5.38 Å². The van der Waals surface area contributed by atoms with Crippen LogP contribution < -0.4 is 5.32 Å². The number of aryl methyl sites for hydroxylation is 3. The Hall–Kier alpha value is -2.49. The maximum absolute atomic E-state index is 12.6. The molecule has 0 fully saturated rings. The van der Waals surface area contributed by atoms with Gasteiger partial charge in [-0.2, -0.15) is 0 Å². The number of rotatable bonds is 8. The van der Waals surface area contributed by atoms with Gasteiger partial charge in [-0.05, 0) is 50.5 Å². The van der Waals surface area contributed by atoms with E-state index in [1.165, 1.54) is 39.1 Å². The summed E-state index contributed by atoms with van der Waals surface area (Å²) in [7, 11) is 0. The molecule has 4 aromatic rings. The number of nitrogens with one attached hydrogen (secondary N) is 1. The number of hydrogen-bond donors (Lipinski definition) is 1. The highest BCUT2D eigenvalue weighted by molar-refractivity contribution is 7.99. The lowest BCUT2D eigenvalue weighted by atomic mass is 10.1. The number of nitrogens with zero attached hydrogens (tertiary/aromatic N) is 4. The Bertz CT molecular complexity index is 1240. The molecule has 0 radical (unpaired) electrons. The second-order valence-electron chi connectivity index (χ2n) is 7.58. The molecule has 1 N–H and O–H groups in total. The Morgan fingerprint density at radius 3 is 2.62 bits per heavy atom. The molecule has 0 saturated carbocycles. The first-order chi connectivity index (χ1) is 15.4. The summed E-state index contributed by atoms with van der Waals surface area (Å²) >= 11 is 4.53. The smallest absolute Gasteiger partial charge is 0.236 e. The number of thiazole rings is 1. The first-order valence-corrected chi connectivity index (χ1v) is 13.1. The zero-order valence-electron chi connectivity index (χ0n) is 18.5. The van der Waals surface area contributed by atoms with Crippen molar-refractivity contribution >= 4 is 45.5 Å². The van der Waals surface area contributed by atoms with Gasteiger partial charge in [-0.15, -0.1) is 32.9 Å². The molecular weight excluding hydrogens is 458 g/mol. The van der Waals surface area contributed by atoms with Crippen LogP contribution in [-0.2, 0) is 11.3 Å². The predicted molar refractivity (Wildman–Crippen MR) is 135 cm³/mol. The molecular formula is C23H25N5OS3. The molecule has 166 valence electrons. The molecule has 0 aliphatic carbocycles. The molecule has 0 atom stereocenters. The Balaban J connectivity index is 1.41. The highest BCUT2D eigenvalue weighted by Crippen LogP contribution is 2.29. The Labute approximate surface area is 200 Å². The summed E-state index contributed by atoms with van der Waals surface area (Å²) in [5.74, 6) is 1.01. The van der Waals surface area contributed by atoms with Crippen molar-refractivity contribution in [1.29, 1.82) is 0 Å². The maximum atomic E-state index is 12.6. The molecule has 0 bridgehead atoms. The number of thioether (sulfide) groups is 1. The molecule has 3 aromatic heterocycles. The fourth-order valence-corrected chi connectivity index (χ4v) is 5.43. The number of hydrogen-bond acceptors (Lipinski definition) is 7. The van der Waals surface area contributed by atoms with E-state index >= 15 is 0 Å². The lowest BCUT2D eigenvalue weighted by molar-refractivity contribution is -0.113. The number of carbonyl (C=O) groups excluding carboxylic acids is 1. The zero-order valence-corrected chi connectivity index (χ0v) is 21.0. The molecule has 1 aromatic carbocycles. The molecule has 32 heavy (non-hydrogen) atoms. The van der Waals surface area contributed by atoms with Gasteiger partial charge in [0.05, 0.1) is 11.4 Å². The molecule has 1 amide bonds. The van der Waals surface area contributed by atoms with Crippen LogP contribution >= 0.6 is 34.4 Å². The van der Waals surface area contributed by atoms with Gasteiger partial charge >= 0.3 is 0 Å². The average molecular weight is 484 g/mol. The van der Waals surface area contributed by atoms with Crippen LogP contribution in [0, 0.1) is 20.8 Å². The van der Waals surface area contributed by atoms with Crippen LogP contribution in [0.1, 0.15) is 29.3 Å². The molecule has 0 unspecified atom stereocenters. The lowest BCUT2D eigenvalue weighted by Gasteiger charge is -2.07. The molecule has 9 heteroatoms. The van der Waals surface area contributed by atoms with Crippen molar-refractivity contribution in [3.05, 3.63) is 51.0 Å². The van der Waals surface area contributed by atoms with Crippen LogP contribution in [0.4, 0.5) is 5.13 Å². The van der Waals surface area contributed by atoms with Crippen LogP contribution in [0.15, 0.2) is 40.2 Å². The van der Waals surface area contributed by atoms with Crippen molar-refractivity contribution in [3.63, 3.8) is 0 Å². The number of aromatic nitrogens is 4. The highest BCUT2D eigenvalue weighted by Gasteiger charge is 2.17. The Kier molecular flexibility index (Phi) is 7.07. The minimum atomic E-state index is -0.102. The van der Waals surface area contributed by atoms with Crippen LogP contribution in [0.2, 0.25) is 0 Å². The number of amides is 1. The van der Waals surface area contributed by atoms with E-state index in [1.54, 1.807) is 11.3 Å². The van der Waals surface area contributed by atoms with Crippen LogP contribution in [0.25, 0.3) is 22.6 Å². The van der Waals surface area contributed by atoms with Crippen molar-refractivity contribution in [2.45, 2.75) is 45.8 Å². The van der Waals surface area contributed by atoms with Crippen LogP contribution in [0.5, 0.6) is 0 Å². The summed E-state index contributed by atoms with van der Waals surface area (Å²) < 4.78 is 2.10. The SMILES string of the molecule is CCCn1c(SCC(=O)Nc2nc(-c3ccc(C)c(C)c3)cs2)nnc1-c1csc(C)c1.